The van der Waals surface area contributed by atoms with Crippen LogP contribution < -0.4 is 0 Å². The number of esters is 2. The van der Waals surface area contributed by atoms with E-state index in [1.807, 2.05) is 0 Å². The van der Waals surface area contributed by atoms with Crippen molar-refractivity contribution < 1.29 is 14.3 Å². The normalized spacial score (nSPS) is 19.6. The summed E-state index contributed by atoms with van der Waals surface area (Å²) in [5, 5.41) is 0. The van der Waals surface area contributed by atoms with Gasteiger partial charge in [-0.25, -0.2) is 0 Å². The Morgan fingerprint density at radius 1 is 0.885 bits per heavy atom. The molecule has 3 nitrogen and oxygen atoms in total. The number of unbranched alkanes of at least 4 members (excludes halogenated alkanes) is 12. The lowest BCUT2D eigenvalue weighted by Gasteiger charge is -2.22. The van der Waals surface area contributed by atoms with Crippen molar-refractivity contribution in [2.45, 2.75) is 114 Å². The number of alkyl halides is 1. The highest BCUT2D eigenvalue weighted by Gasteiger charge is 2.40. The summed E-state index contributed by atoms with van der Waals surface area (Å²) in [7, 11) is 0. The molecule has 0 saturated carbocycles. The lowest BCUT2D eigenvalue weighted by Crippen LogP contribution is -2.25. The van der Waals surface area contributed by atoms with Crippen LogP contribution in [0.2, 0.25) is 0 Å². The number of carbonyl (C=O) groups is 2. The first-order valence-electron chi connectivity index (χ1n) is 10.9. The molecule has 1 saturated heterocycles. The van der Waals surface area contributed by atoms with Crippen molar-refractivity contribution in [1.82, 2.24) is 0 Å². The van der Waals surface area contributed by atoms with E-state index >= 15 is 0 Å². The van der Waals surface area contributed by atoms with Crippen LogP contribution in [0.5, 0.6) is 0 Å². The maximum absolute atomic E-state index is 11.8. The molecule has 0 radical (unpaired) electrons. The first kappa shape index (κ1) is 23.9. The van der Waals surface area contributed by atoms with Gasteiger partial charge in [-0.2, -0.15) is 0 Å². The van der Waals surface area contributed by atoms with E-state index in [1.54, 1.807) is 0 Å². The Kier molecular flexibility index (Phi) is 13.7. The second-order valence-corrected chi connectivity index (χ2v) is 9.94. The Balaban J connectivity index is 1.98. The third-order valence-electron chi connectivity index (χ3n) is 5.65. The highest BCUT2D eigenvalue weighted by Crippen LogP contribution is 2.34. The number of hydrogen-bond acceptors (Lipinski definition) is 3. The lowest BCUT2D eigenvalue weighted by atomic mass is 9.84. The Morgan fingerprint density at radius 2 is 1.35 bits per heavy atom. The van der Waals surface area contributed by atoms with E-state index in [9.17, 15) is 9.59 Å². The minimum Gasteiger partial charge on any atom is -0.393 e. The van der Waals surface area contributed by atoms with Crippen molar-refractivity contribution >= 4 is 34.5 Å². The predicted octanol–water partition coefficient (Wildman–Crippen LogP) is 7.00. The molecular formula is C22H39IO3. The summed E-state index contributed by atoms with van der Waals surface area (Å²) in [4.78, 5) is 23.2. The minimum atomic E-state index is -0.340. The van der Waals surface area contributed by atoms with E-state index in [-0.39, 0.29) is 30.2 Å². The summed E-state index contributed by atoms with van der Waals surface area (Å²) in [6.07, 6.45) is 18.9. The summed E-state index contributed by atoms with van der Waals surface area (Å²) < 4.78 is 5.14. The lowest BCUT2D eigenvalue weighted by molar-refractivity contribution is -0.153. The fourth-order valence-electron chi connectivity index (χ4n) is 3.97. The van der Waals surface area contributed by atoms with E-state index in [2.05, 4.69) is 36.4 Å². The molecule has 1 rings (SSSR count). The summed E-state index contributed by atoms with van der Waals surface area (Å²) in [5.74, 6) is -0.556. The molecule has 1 aliphatic heterocycles. The van der Waals surface area contributed by atoms with Gasteiger partial charge in [0.25, 0.3) is 0 Å². The van der Waals surface area contributed by atoms with Gasteiger partial charge in [-0.05, 0) is 12.3 Å². The van der Waals surface area contributed by atoms with Crippen LogP contribution in [0.1, 0.15) is 110 Å². The van der Waals surface area contributed by atoms with Crippen LogP contribution in [-0.2, 0) is 14.3 Å². The SMILES string of the molecule is CCCCCCCCCCCCCCCC(C(C)I)C1CC(=O)OC1=O. The predicted molar refractivity (Wildman–Crippen MR) is 116 cm³/mol. The molecule has 152 valence electrons. The number of halogens is 1. The number of rotatable bonds is 16. The molecule has 0 bridgehead atoms. The third-order valence-corrected chi connectivity index (χ3v) is 6.58. The quantitative estimate of drug-likeness (QED) is 0.0789. The zero-order valence-electron chi connectivity index (χ0n) is 16.9. The third kappa shape index (κ3) is 10.3. The van der Waals surface area contributed by atoms with Crippen LogP contribution >= 0.6 is 22.6 Å². The van der Waals surface area contributed by atoms with Crippen LogP contribution in [0.3, 0.4) is 0 Å². The number of carbonyl (C=O) groups excluding carboxylic acids is 2. The highest BCUT2D eigenvalue weighted by atomic mass is 127. The largest absolute Gasteiger partial charge is 0.393 e. The van der Waals surface area contributed by atoms with Crippen molar-refractivity contribution in [3.05, 3.63) is 0 Å². The van der Waals surface area contributed by atoms with Gasteiger partial charge in [0.05, 0.1) is 12.3 Å². The van der Waals surface area contributed by atoms with Gasteiger partial charge in [-0.3, -0.25) is 9.59 Å². The average molecular weight is 478 g/mol. The summed E-state index contributed by atoms with van der Waals surface area (Å²) >= 11 is 2.39. The van der Waals surface area contributed by atoms with Crippen LogP contribution in [0.4, 0.5) is 0 Å². The fourth-order valence-corrected chi connectivity index (χ4v) is 4.83. The molecule has 0 amide bonds. The maximum Gasteiger partial charge on any atom is 0.317 e. The van der Waals surface area contributed by atoms with Crippen molar-refractivity contribution in [2.24, 2.45) is 11.8 Å². The Morgan fingerprint density at radius 3 is 1.73 bits per heavy atom. The van der Waals surface area contributed by atoms with Crippen LogP contribution in [0.15, 0.2) is 0 Å². The first-order valence-corrected chi connectivity index (χ1v) is 12.2. The molecule has 4 heteroatoms. The van der Waals surface area contributed by atoms with E-state index in [1.165, 1.54) is 77.0 Å². The molecule has 0 aliphatic carbocycles. The van der Waals surface area contributed by atoms with Gasteiger partial charge in [-0.15, -0.1) is 0 Å². The molecular weight excluding hydrogens is 439 g/mol. The van der Waals surface area contributed by atoms with Gasteiger partial charge in [0.2, 0.25) is 0 Å². The minimum absolute atomic E-state index is 0.202. The van der Waals surface area contributed by atoms with Crippen molar-refractivity contribution in [1.29, 1.82) is 0 Å². The molecule has 1 fully saturated rings. The smallest absolute Gasteiger partial charge is 0.317 e. The van der Waals surface area contributed by atoms with Gasteiger partial charge >= 0.3 is 11.9 Å². The van der Waals surface area contributed by atoms with Crippen molar-refractivity contribution in [3.8, 4) is 0 Å². The second kappa shape index (κ2) is 14.9. The van der Waals surface area contributed by atoms with Gasteiger partial charge in [0.1, 0.15) is 0 Å². The van der Waals surface area contributed by atoms with Gasteiger partial charge in [0.15, 0.2) is 0 Å². The molecule has 0 N–H and O–H groups in total. The van der Waals surface area contributed by atoms with Crippen LogP contribution in [0, 0.1) is 11.8 Å². The summed E-state index contributed by atoms with van der Waals surface area (Å²) in [6.45, 7) is 4.41. The second-order valence-electron chi connectivity index (χ2n) is 7.98. The number of ether oxygens (including phenoxy) is 1. The standard InChI is InChI=1S/C22H39IO3/c1-3-4-5-6-7-8-9-10-11-12-13-14-15-16-19(18(2)23)20-17-21(24)26-22(20)25/h18-20H,3-17H2,1-2H3. The van der Waals surface area contributed by atoms with Crippen LogP contribution in [-0.4, -0.2) is 15.9 Å². The fraction of sp³-hybridized carbons (Fsp3) is 0.909. The highest BCUT2D eigenvalue weighted by molar-refractivity contribution is 14.1. The van der Waals surface area contributed by atoms with E-state index < -0.39 is 0 Å². The molecule has 3 unspecified atom stereocenters. The monoisotopic (exact) mass is 478 g/mol. The van der Waals surface area contributed by atoms with Gasteiger partial charge in [0, 0.05) is 3.92 Å². The van der Waals surface area contributed by atoms with E-state index in [0.29, 0.717) is 3.92 Å². The first-order chi connectivity index (χ1) is 12.6. The molecule has 0 aromatic rings. The molecule has 1 aliphatic rings. The van der Waals surface area contributed by atoms with Crippen molar-refractivity contribution in [3.63, 3.8) is 0 Å². The zero-order valence-corrected chi connectivity index (χ0v) is 19.1. The summed E-state index contributed by atoms with van der Waals surface area (Å²) in [6, 6.07) is 0. The van der Waals surface area contributed by atoms with Gasteiger partial charge < -0.3 is 4.74 Å². The molecule has 0 aromatic heterocycles. The number of hydrogen-bond donors (Lipinski definition) is 0. The maximum atomic E-state index is 11.8. The Hall–Kier alpha value is -0.130. The topological polar surface area (TPSA) is 43.4 Å². The average Bonchev–Trinajstić information content (AvgIpc) is 2.93. The van der Waals surface area contributed by atoms with Gasteiger partial charge in [-0.1, -0.05) is 120 Å². The summed E-state index contributed by atoms with van der Waals surface area (Å²) in [5.41, 5.74) is 0. The Bertz CT molecular complexity index is 395. The van der Waals surface area contributed by atoms with Crippen LogP contribution in [0.25, 0.3) is 0 Å². The molecule has 3 atom stereocenters. The Labute approximate surface area is 174 Å². The molecule has 1 heterocycles. The molecule has 0 aromatic carbocycles. The van der Waals surface area contributed by atoms with Crippen molar-refractivity contribution in [2.75, 3.05) is 0 Å². The molecule has 0 spiro atoms. The van der Waals surface area contributed by atoms with E-state index in [4.69, 9.17) is 4.74 Å². The van der Waals surface area contributed by atoms with E-state index in [0.717, 1.165) is 12.8 Å². The zero-order chi connectivity index (χ0) is 19.2. The molecule has 26 heavy (non-hydrogen) atoms. The number of cyclic esters (lactones) is 2.